The first kappa shape index (κ1) is 16.4. The minimum atomic E-state index is 0.250. The average Bonchev–Trinajstić information content (AvgIpc) is 3.14. The molecule has 1 amide bonds. The van der Waals surface area contributed by atoms with E-state index in [2.05, 4.69) is 49.7 Å². The number of nitrogens with one attached hydrogen (secondary N) is 2. The topological polar surface area (TPSA) is 44.4 Å². The van der Waals surface area contributed by atoms with Crippen LogP contribution in [0.25, 0.3) is 0 Å². The number of amides is 1. The summed E-state index contributed by atoms with van der Waals surface area (Å²) >= 11 is 3.63. The highest BCUT2D eigenvalue weighted by Gasteiger charge is 2.34. The lowest BCUT2D eigenvalue weighted by Gasteiger charge is -2.29. The maximum Gasteiger partial charge on any atom is 0.220 e. The lowest BCUT2D eigenvalue weighted by atomic mass is 9.89. The van der Waals surface area contributed by atoms with Crippen molar-refractivity contribution in [1.82, 2.24) is 10.6 Å². The van der Waals surface area contributed by atoms with Crippen molar-refractivity contribution in [3.63, 3.8) is 0 Å². The fraction of sp³-hybridized carbons (Fsp3) is 0.632. The molecule has 3 saturated heterocycles. The van der Waals surface area contributed by atoms with Crippen LogP contribution in [0.4, 0.5) is 5.69 Å². The summed E-state index contributed by atoms with van der Waals surface area (Å²) in [4.78, 5) is 14.8. The molecule has 4 rings (SSSR count). The Bertz CT molecular complexity index is 596. The Kier molecular flexibility index (Phi) is 4.81. The lowest BCUT2D eigenvalue weighted by Crippen LogP contribution is -2.42. The zero-order chi connectivity index (χ0) is 16.5. The number of halogens is 1. The third-order valence-electron chi connectivity index (χ3n) is 5.79. The predicted molar refractivity (Wildman–Crippen MR) is 100 cm³/mol. The molecule has 3 aliphatic heterocycles. The Labute approximate surface area is 152 Å². The quantitative estimate of drug-likeness (QED) is 0.828. The smallest absolute Gasteiger partial charge is 0.220 e. The predicted octanol–water partition coefficient (Wildman–Crippen LogP) is 3.06. The van der Waals surface area contributed by atoms with Gasteiger partial charge >= 0.3 is 0 Å². The highest BCUT2D eigenvalue weighted by atomic mass is 79.9. The van der Waals surface area contributed by atoms with Crippen LogP contribution < -0.4 is 15.5 Å². The zero-order valence-electron chi connectivity index (χ0n) is 14.0. The van der Waals surface area contributed by atoms with Gasteiger partial charge in [0.1, 0.15) is 0 Å². The van der Waals surface area contributed by atoms with Gasteiger partial charge in [-0.3, -0.25) is 4.79 Å². The van der Waals surface area contributed by atoms with E-state index in [9.17, 15) is 4.79 Å². The fourth-order valence-corrected chi connectivity index (χ4v) is 5.23. The molecule has 3 atom stereocenters. The van der Waals surface area contributed by atoms with E-state index in [0.717, 1.165) is 24.0 Å². The Hall–Kier alpha value is -1.07. The van der Waals surface area contributed by atoms with Crippen LogP contribution in [0.15, 0.2) is 28.7 Å². The fourth-order valence-electron chi connectivity index (χ4n) is 4.70. The van der Waals surface area contributed by atoms with Gasteiger partial charge in [-0.1, -0.05) is 12.1 Å². The number of hydrogen-bond donors (Lipinski definition) is 2. The van der Waals surface area contributed by atoms with Crippen LogP contribution in [0.5, 0.6) is 0 Å². The molecule has 3 fully saturated rings. The van der Waals surface area contributed by atoms with E-state index in [1.807, 2.05) is 6.07 Å². The van der Waals surface area contributed by atoms with Crippen LogP contribution in [-0.2, 0) is 4.79 Å². The molecule has 0 radical (unpaired) electrons. The van der Waals surface area contributed by atoms with Gasteiger partial charge in [0.25, 0.3) is 0 Å². The van der Waals surface area contributed by atoms with Gasteiger partial charge in [-0.15, -0.1) is 0 Å². The summed E-state index contributed by atoms with van der Waals surface area (Å²) in [5, 5.41) is 6.93. The van der Waals surface area contributed by atoms with Crippen molar-refractivity contribution in [2.75, 3.05) is 18.0 Å². The zero-order valence-corrected chi connectivity index (χ0v) is 15.6. The van der Waals surface area contributed by atoms with Crippen molar-refractivity contribution in [1.29, 1.82) is 0 Å². The Morgan fingerprint density at radius 3 is 2.71 bits per heavy atom. The molecule has 1 aromatic rings. The summed E-state index contributed by atoms with van der Waals surface area (Å²) in [6.07, 6.45) is 6.69. The summed E-state index contributed by atoms with van der Waals surface area (Å²) in [5.74, 6) is 0.824. The molecule has 5 heteroatoms. The van der Waals surface area contributed by atoms with Crippen molar-refractivity contribution in [3.8, 4) is 0 Å². The van der Waals surface area contributed by atoms with Crippen molar-refractivity contribution >= 4 is 27.5 Å². The van der Waals surface area contributed by atoms with E-state index in [0.29, 0.717) is 24.4 Å². The third kappa shape index (κ3) is 3.62. The monoisotopic (exact) mass is 391 g/mol. The largest absolute Gasteiger partial charge is 0.368 e. The molecule has 3 aliphatic rings. The molecule has 130 valence electrons. The van der Waals surface area contributed by atoms with E-state index in [4.69, 9.17) is 0 Å². The number of carbonyl (C=O) groups excluding carboxylic acids is 1. The van der Waals surface area contributed by atoms with E-state index < -0.39 is 0 Å². The molecule has 1 aromatic carbocycles. The molecule has 0 saturated carbocycles. The molecule has 3 heterocycles. The van der Waals surface area contributed by atoms with Crippen LogP contribution in [0, 0.1) is 5.92 Å². The van der Waals surface area contributed by atoms with Crippen molar-refractivity contribution < 1.29 is 4.79 Å². The number of fused-ring (bicyclic) bond motifs is 2. The molecule has 4 nitrogen and oxygen atoms in total. The van der Waals surface area contributed by atoms with Crippen molar-refractivity contribution in [2.45, 2.75) is 56.7 Å². The van der Waals surface area contributed by atoms with Gasteiger partial charge in [0, 0.05) is 42.1 Å². The van der Waals surface area contributed by atoms with E-state index in [-0.39, 0.29) is 11.9 Å². The van der Waals surface area contributed by atoms with Crippen LogP contribution in [0.3, 0.4) is 0 Å². The molecule has 0 aliphatic carbocycles. The molecule has 24 heavy (non-hydrogen) atoms. The molecular formula is C19H26BrN3O. The van der Waals surface area contributed by atoms with Gasteiger partial charge in [-0.2, -0.15) is 0 Å². The number of nitrogens with zero attached hydrogens (tertiary/aromatic N) is 1. The number of para-hydroxylation sites is 1. The minimum absolute atomic E-state index is 0.250. The number of benzene rings is 1. The van der Waals surface area contributed by atoms with Gasteiger partial charge < -0.3 is 15.5 Å². The number of hydrogen-bond acceptors (Lipinski definition) is 3. The van der Waals surface area contributed by atoms with Gasteiger partial charge in [0.05, 0.1) is 5.69 Å². The first-order chi connectivity index (χ1) is 11.7. The third-order valence-corrected chi connectivity index (χ3v) is 6.46. The first-order valence-electron chi connectivity index (χ1n) is 9.22. The molecule has 2 N–H and O–H groups in total. The highest BCUT2D eigenvalue weighted by molar-refractivity contribution is 9.10. The van der Waals surface area contributed by atoms with Crippen LogP contribution in [-0.4, -0.2) is 37.1 Å². The Morgan fingerprint density at radius 1 is 1.21 bits per heavy atom. The maximum absolute atomic E-state index is 12.5. The van der Waals surface area contributed by atoms with Gasteiger partial charge in [0.2, 0.25) is 5.91 Å². The van der Waals surface area contributed by atoms with Gasteiger partial charge in [0.15, 0.2) is 0 Å². The second-order valence-corrected chi connectivity index (χ2v) is 8.48. The molecule has 0 spiro atoms. The Morgan fingerprint density at radius 2 is 1.96 bits per heavy atom. The molecule has 2 bridgehead atoms. The minimum Gasteiger partial charge on any atom is -0.368 e. The van der Waals surface area contributed by atoms with E-state index in [1.54, 1.807) is 0 Å². The van der Waals surface area contributed by atoms with Crippen LogP contribution >= 0.6 is 15.9 Å². The van der Waals surface area contributed by atoms with Gasteiger partial charge in [-0.05, 0) is 66.1 Å². The number of carbonyl (C=O) groups is 1. The average molecular weight is 392 g/mol. The summed E-state index contributed by atoms with van der Waals surface area (Å²) in [6, 6.07) is 9.93. The molecule has 3 unspecified atom stereocenters. The lowest BCUT2D eigenvalue weighted by molar-refractivity contribution is -0.122. The molecular weight excluding hydrogens is 366 g/mol. The van der Waals surface area contributed by atoms with E-state index >= 15 is 0 Å². The second kappa shape index (κ2) is 7.04. The summed E-state index contributed by atoms with van der Waals surface area (Å²) in [7, 11) is 0. The SMILES string of the molecule is O=C(CC1CC2CCC(C1)N2)NC1CCN(c2ccccc2Br)C1. The first-order valence-corrected chi connectivity index (χ1v) is 10.0. The van der Waals surface area contributed by atoms with Crippen molar-refractivity contribution in [3.05, 3.63) is 28.7 Å². The highest BCUT2D eigenvalue weighted by Crippen LogP contribution is 2.33. The van der Waals surface area contributed by atoms with Crippen LogP contribution in [0.2, 0.25) is 0 Å². The van der Waals surface area contributed by atoms with Gasteiger partial charge in [-0.25, -0.2) is 0 Å². The summed E-state index contributed by atoms with van der Waals surface area (Å²) in [6.45, 7) is 1.91. The van der Waals surface area contributed by atoms with E-state index in [1.165, 1.54) is 31.4 Å². The summed E-state index contributed by atoms with van der Waals surface area (Å²) < 4.78 is 1.13. The van der Waals surface area contributed by atoms with Crippen LogP contribution in [0.1, 0.15) is 38.5 Å². The maximum atomic E-state index is 12.5. The second-order valence-electron chi connectivity index (χ2n) is 7.63. The summed E-state index contributed by atoms with van der Waals surface area (Å²) in [5.41, 5.74) is 1.23. The number of piperidine rings is 1. The van der Waals surface area contributed by atoms with Crippen molar-refractivity contribution in [2.24, 2.45) is 5.92 Å². The number of rotatable bonds is 4. The standard InChI is InChI=1S/C19H26BrN3O/c20-17-3-1-2-4-18(17)23-8-7-16(12-23)22-19(24)11-13-9-14-5-6-15(10-13)21-14/h1-4,13-16,21H,5-12H2,(H,22,24). The Balaban J connectivity index is 1.27. The normalized spacial score (nSPS) is 32.1. The number of anilines is 1. The molecule has 0 aromatic heterocycles.